The standard InChI is InChI=1S/C16H24N2OS/c1-11-4-3-5-15(10-11)20-12(2)16(19)18-14-8-6-13(17)7-9-14/h6-9,11-12,15H,3-5,10,17H2,1-2H3,(H,18,19). The first kappa shape index (κ1) is 15.2. The van der Waals surface area contributed by atoms with Crippen molar-refractivity contribution in [2.45, 2.75) is 50.0 Å². The van der Waals surface area contributed by atoms with Gasteiger partial charge in [-0.1, -0.05) is 19.8 Å². The second-order valence-corrected chi connectivity index (χ2v) is 7.43. The summed E-state index contributed by atoms with van der Waals surface area (Å²) in [5.41, 5.74) is 7.16. The van der Waals surface area contributed by atoms with Crippen molar-refractivity contribution in [3.05, 3.63) is 24.3 Å². The molecule has 2 rings (SSSR count). The Morgan fingerprint density at radius 1 is 1.35 bits per heavy atom. The van der Waals surface area contributed by atoms with Crippen LogP contribution in [0.4, 0.5) is 11.4 Å². The summed E-state index contributed by atoms with van der Waals surface area (Å²) in [5.74, 6) is 0.881. The maximum atomic E-state index is 12.2. The van der Waals surface area contributed by atoms with Crippen LogP contribution in [0, 0.1) is 5.92 Å². The second kappa shape index (κ2) is 7.02. The van der Waals surface area contributed by atoms with Gasteiger partial charge >= 0.3 is 0 Å². The lowest BCUT2D eigenvalue weighted by molar-refractivity contribution is -0.115. The average molecular weight is 292 g/mol. The van der Waals surface area contributed by atoms with Gasteiger partial charge in [0.15, 0.2) is 0 Å². The predicted octanol–water partition coefficient (Wildman–Crippen LogP) is 3.91. The number of carbonyl (C=O) groups is 1. The Labute approximate surface area is 125 Å². The Hall–Kier alpha value is -1.16. The summed E-state index contributed by atoms with van der Waals surface area (Å²) < 4.78 is 0. The summed E-state index contributed by atoms with van der Waals surface area (Å²) in [6.07, 6.45) is 5.12. The van der Waals surface area contributed by atoms with E-state index >= 15 is 0 Å². The van der Waals surface area contributed by atoms with Crippen molar-refractivity contribution >= 4 is 29.0 Å². The van der Waals surface area contributed by atoms with Gasteiger partial charge in [-0.15, -0.1) is 11.8 Å². The van der Waals surface area contributed by atoms with E-state index in [2.05, 4.69) is 12.2 Å². The summed E-state index contributed by atoms with van der Waals surface area (Å²) in [5, 5.41) is 3.57. The van der Waals surface area contributed by atoms with Crippen molar-refractivity contribution < 1.29 is 4.79 Å². The monoisotopic (exact) mass is 292 g/mol. The van der Waals surface area contributed by atoms with E-state index in [-0.39, 0.29) is 11.2 Å². The predicted molar refractivity (Wildman–Crippen MR) is 88.0 cm³/mol. The number of nitrogens with one attached hydrogen (secondary N) is 1. The molecule has 3 atom stereocenters. The van der Waals surface area contributed by atoms with Crippen LogP contribution in [0.3, 0.4) is 0 Å². The first-order valence-corrected chi connectivity index (χ1v) is 8.30. The molecule has 20 heavy (non-hydrogen) atoms. The fraction of sp³-hybridized carbons (Fsp3) is 0.562. The Bertz CT molecular complexity index is 446. The van der Waals surface area contributed by atoms with Crippen LogP contribution >= 0.6 is 11.8 Å². The summed E-state index contributed by atoms with van der Waals surface area (Å²) in [6.45, 7) is 4.31. The van der Waals surface area contributed by atoms with Gasteiger partial charge in [0, 0.05) is 16.6 Å². The van der Waals surface area contributed by atoms with E-state index in [9.17, 15) is 4.79 Å². The third kappa shape index (κ3) is 4.44. The summed E-state index contributed by atoms with van der Waals surface area (Å²) >= 11 is 1.82. The van der Waals surface area contributed by atoms with Crippen LogP contribution in [0.15, 0.2) is 24.3 Å². The second-order valence-electron chi connectivity index (χ2n) is 5.78. The number of amides is 1. The number of hydrogen-bond acceptors (Lipinski definition) is 3. The van der Waals surface area contributed by atoms with Gasteiger partial charge in [-0.3, -0.25) is 4.79 Å². The van der Waals surface area contributed by atoms with E-state index in [0.29, 0.717) is 10.9 Å². The molecule has 0 aliphatic heterocycles. The maximum Gasteiger partial charge on any atom is 0.237 e. The topological polar surface area (TPSA) is 55.1 Å². The first-order chi connectivity index (χ1) is 9.54. The molecule has 0 heterocycles. The summed E-state index contributed by atoms with van der Waals surface area (Å²) in [6, 6.07) is 7.28. The first-order valence-electron chi connectivity index (χ1n) is 7.36. The number of rotatable bonds is 4. The molecule has 3 unspecified atom stereocenters. The van der Waals surface area contributed by atoms with E-state index in [1.165, 1.54) is 25.7 Å². The lowest BCUT2D eigenvalue weighted by Crippen LogP contribution is -2.26. The highest BCUT2D eigenvalue weighted by Crippen LogP contribution is 2.34. The molecule has 3 N–H and O–H groups in total. The molecule has 0 spiro atoms. The van der Waals surface area contributed by atoms with Gasteiger partial charge in [0.1, 0.15) is 0 Å². The van der Waals surface area contributed by atoms with Gasteiger partial charge in [0.2, 0.25) is 5.91 Å². The van der Waals surface area contributed by atoms with Gasteiger partial charge in [-0.05, 0) is 49.9 Å². The van der Waals surface area contributed by atoms with Gasteiger partial charge in [0.25, 0.3) is 0 Å². The van der Waals surface area contributed by atoms with Crippen molar-refractivity contribution in [2.24, 2.45) is 5.92 Å². The Kier molecular flexibility index (Phi) is 5.35. The van der Waals surface area contributed by atoms with Crippen molar-refractivity contribution in [3.8, 4) is 0 Å². The number of thioether (sulfide) groups is 1. The van der Waals surface area contributed by atoms with E-state index in [1.807, 2.05) is 30.8 Å². The molecule has 1 aliphatic carbocycles. The van der Waals surface area contributed by atoms with E-state index in [1.54, 1.807) is 12.1 Å². The van der Waals surface area contributed by atoms with Gasteiger partial charge < -0.3 is 11.1 Å². The number of carbonyl (C=O) groups excluding carboxylic acids is 1. The molecule has 1 aromatic carbocycles. The number of nitrogens with two attached hydrogens (primary N) is 1. The molecule has 0 bridgehead atoms. The number of hydrogen-bond donors (Lipinski definition) is 2. The van der Waals surface area contributed by atoms with E-state index in [0.717, 1.165) is 11.6 Å². The van der Waals surface area contributed by atoms with E-state index in [4.69, 9.17) is 5.73 Å². The number of benzene rings is 1. The highest BCUT2D eigenvalue weighted by molar-refractivity contribution is 8.01. The van der Waals surface area contributed by atoms with E-state index < -0.39 is 0 Å². The third-order valence-corrected chi connectivity index (χ3v) is 5.27. The Morgan fingerprint density at radius 3 is 2.70 bits per heavy atom. The Morgan fingerprint density at radius 2 is 2.05 bits per heavy atom. The molecule has 1 aliphatic rings. The van der Waals surface area contributed by atoms with Crippen molar-refractivity contribution in [1.82, 2.24) is 0 Å². The van der Waals surface area contributed by atoms with Crippen molar-refractivity contribution in [1.29, 1.82) is 0 Å². The zero-order valence-corrected chi connectivity index (χ0v) is 13.1. The maximum absolute atomic E-state index is 12.2. The fourth-order valence-electron chi connectivity index (χ4n) is 2.66. The molecule has 1 fully saturated rings. The molecule has 1 saturated carbocycles. The summed E-state index contributed by atoms with van der Waals surface area (Å²) in [4.78, 5) is 12.2. The van der Waals surface area contributed by atoms with Crippen LogP contribution in [0.1, 0.15) is 39.5 Å². The van der Waals surface area contributed by atoms with Crippen molar-refractivity contribution in [2.75, 3.05) is 11.1 Å². The smallest absolute Gasteiger partial charge is 0.237 e. The largest absolute Gasteiger partial charge is 0.399 e. The Balaban J connectivity index is 1.83. The molecule has 3 nitrogen and oxygen atoms in total. The zero-order chi connectivity index (χ0) is 14.5. The lowest BCUT2D eigenvalue weighted by atomic mass is 9.91. The lowest BCUT2D eigenvalue weighted by Gasteiger charge is -2.28. The number of anilines is 2. The highest BCUT2D eigenvalue weighted by Gasteiger charge is 2.24. The molecule has 1 aromatic rings. The molecular formula is C16H24N2OS. The van der Waals surface area contributed by atoms with Crippen LogP contribution in [-0.2, 0) is 4.79 Å². The highest BCUT2D eigenvalue weighted by atomic mass is 32.2. The minimum Gasteiger partial charge on any atom is -0.399 e. The number of nitrogen functional groups attached to an aromatic ring is 1. The average Bonchev–Trinajstić information content (AvgIpc) is 2.41. The van der Waals surface area contributed by atoms with Crippen LogP contribution in [-0.4, -0.2) is 16.4 Å². The fourth-order valence-corrected chi connectivity index (χ4v) is 4.17. The van der Waals surface area contributed by atoms with Crippen LogP contribution in [0.2, 0.25) is 0 Å². The van der Waals surface area contributed by atoms with Gasteiger partial charge in [-0.25, -0.2) is 0 Å². The third-order valence-electron chi connectivity index (χ3n) is 3.83. The normalized spacial score (nSPS) is 24.1. The SMILES string of the molecule is CC1CCCC(SC(C)C(=O)Nc2ccc(N)cc2)C1. The van der Waals surface area contributed by atoms with Crippen LogP contribution < -0.4 is 11.1 Å². The molecule has 0 saturated heterocycles. The molecule has 0 radical (unpaired) electrons. The molecular weight excluding hydrogens is 268 g/mol. The minimum absolute atomic E-state index is 0.0112. The zero-order valence-electron chi connectivity index (χ0n) is 12.3. The van der Waals surface area contributed by atoms with Crippen LogP contribution in [0.5, 0.6) is 0 Å². The molecule has 110 valence electrons. The van der Waals surface area contributed by atoms with Gasteiger partial charge in [0.05, 0.1) is 5.25 Å². The molecule has 0 aromatic heterocycles. The quantitative estimate of drug-likeness (QED) is 0.827. The summed E-state index contributed by atoms with van der Waals surface area (Å²) in [7, 11) is 0. The molecule has 4 heteroatoms. The van der Waals surface area contributed by atoms with Gasteiger partial charge in [-0.2, -0.15) is 0 Å². The molecule has 1 amide bonds. The van der Waals surface area contributed by atoms with Crippen molar-refractivity contribution in [3.63, 3.8) is 0 Å². The van der Waals surface area contributed by atoms with Crippen LogP contribution in [0.25, 0.3) is 0 Å². The minimum atomic E-state index is -0.0112.